The molecule has 0 heterocycles. The van der Waals surface area contributed by atoms with Crippen LogP contribution in [0.3, 0.4) is 0 Å². The van der Waals surface area contributed by atoms with Gasteiger partial charge in [0.25, 0.3) is 0 Å². The third kappa shape index (κ3) is 3.49. The van der Waals surface area contributed by atoms with Crippen molar-refractivity contribution < 1.29 is 39.5 Å². The van der Waals surface area contributed by atoms with E-state index in [1.807, 2.05) is 13.8 Å². The maximum Gasteiger partial charge on any atom is 1.00 e. The number of carboxylic acids is 1. The van der Waals surface area contributed by atoms with Gasteiger partial charge in [-0.3, -0.25) is 0 Å². The van der Waals surface area contributed by atoms with Crippen molar-refractivity contribution in [2.45, 2.75) is 21.9 Å². The molecule has 1 rings (SSSR count). The van der Waals surface area contributed by atoms with E-state index < -0.39 is 15.1 Å². The molecular weight excluding hydrogens is 382 g/mol. The van der Waals surface area contributed by atoms with Crippen molar-refractivity contribution >= 4 is 61.0 Å². The first-order valence-electron chi connectivity index (χ1n) is 4.01. The normalized spacial score (nSPS) is 30.3. The first-order chi connectivity index (χ1) is 6.10. The van der Waals surface area contributed by atoms with E-state index in [1.165, 1.54) is 0 Å². The van der Waals surface area contributed by atoms with Gasteiger partial charge in [0.15, 0.2) is 3.24 Å². The van der Waals surface area contributed by atoms with Gasteiger partial charge in [-0.05, 0) is 27.3 Å². The maximum atomic E-state index is 10.8. The Morgan fingerprint density at radius 1 is 1.53 bits per heavy atom. The average molecular weight is 391 g/mol. The molecule has 0 bridgehead atoms. The molecule has 0 radical (unpaired) electrons. The molecule has 0 aromatic heterocycles. The Balaban J connectivity index is 0.00000196. The third-order valence-electron chi connectivity index (χ3n) is 2.79. The predicted molar refractivity (Wildman–Crippen MR) is 61.8 cm³/mol. The van der Waals surface area contributed by atoms with Crippen molar-refractivity contribution in [1.82, 2.24) is 0 Å². The summed E-state index contributed by atoms with van der Waals surface area (Å²) in [5.74, 6) is -1.67. The van der Waals surface area contributed by atoms with Crippen LogP contribution in [0.4, 0.5) is 0 Å². The van der Waals surface area contributed by atoms with E-state index in [2.05, 4.69) is 31.9 Å². The molecule has 3 atom stereocenters. The van der Waals surface area contributed by atoms with Crippen LogP contribution in [0.15, 0.2) is 0 Å². The number of carbonyl (C=O) groups excluding carboxylic acids is 1. The molecule has 0 N–H and O–H groups in total. The molecule has 1 aliphatic carbocycles. The summed E-state index contributed by atoms with van der Waals surface area (Å²) in [6.45, 7) is 3.72. The number of carbonyl (C=O) groups is 1. The van der Waals surface area contributed by atoms with E-state index in [0.717, 1.165) is 0 Å². The monoisotopic (exact) mass is 388 g/mol. The van der Waals surface area contributed by atoms with E-state index in [4.69, 9.17) is 23.2 Å². The Labute approximate surface area is 138 Å². The topological polar surface area (TPSA) is 40.1 Å². The fourth-order valence-electron chi connectivity index (χ4n) is 1.88. The third-order valence-corrected chi connectivity index (χ3v) is 6.15. The molecule has 2 nitrogen and oxygen atoms in total. The van der Waals surface area contributed by atoms with Gasteiger partial charge in [-0.2, -0.15) is 0 Å². The number of hydrogen-bond acceptors (Lipinski definition) is 2. The van der Waals surface area contributed by atoms with Crippen molar-refractivity contribution in [3.63, 3.8) is 0 Å². The van der Waals surface area contributed by atoms with Gasteiger partial charge < -0.3 is 9.90 Å². The van der Waals surface area contributed by atoms with E-state index in [0.29, 0.717) is 0 Å². The van der Waals surface area contributed by atoms with Crippen molar-refractivity contribution in [1.29, 1.82) is 0 Å². The summed E-state index contributed by atoms with van der Waals surface area (Å²) in [5.41, 5.74) is -0.324. The molecule has 0 amide bonds. The van der Waals surface area contributed by atoms with Crippen LogP contribution in [-0.4, -0.2) is 14.0 Å². The number of rotatable bonds is 3. The molecule has 3 unspecified atom stereocenters. The molecule has 7 heteroatoms. The zero-order chi connectivity index (χ0) is 11.3. The van der Waals surface area contributed by atoms with Crippen molar-refractivity contribution in [3.8, 4) is 0 Å². The first kappa shape index (κ1) is 17.0. The number of aliphatic carboxylic acids is 1. The van der Waals surface area contributed by atoms with Crippen molar-refractivity contribution in [2.24, 2.45) is 17.3 Å². The molecule has 0 aliphatic heterocycles. The first-order valence-corrected chi connectivity index (χ1v) is 6.48. The Kier molecular flexibility index (Phi) is 6.05. The maximum absolute atomic E-state index is 10.8. The largest absolute Gasteiger partial charge is 1.00 e. The summed E-state index contributed by atoms with van der Waals surface area (Å²) in [6.07, 6.45) is 0. The van der Waals surface area contributed by atoms with E-state index in [1.54, 1.807) is 0 Å². The molecule has 1 fully saturated rings. The summed E-state index contributed by atoms with van der Waals surface area (Å²) < 4.78 is -1.15. The van der Waals surface area contributed by atoms with Gasteiger partial charge in [0, 0.05) is 11.9 Å². The second-order valence-corrected chi connectivity index (χ2v) is 8.62. The van der Waals surface area contributed by atoms with Crippen LogP contribution in [0.2, 0.25) is 0 Å². The molecule has 0 saturated heterocycles. The smallest absolute Gasteiger partial charge is 0.550 e. The Morgan fingerprint density at radius 3 is 2.13 bits per heavy atom. The number of halogens is 4. The Hall–Kier alpha value is 2.01. The van der Waals surface area contributed by atoms with Gasteiger partial charge in [-0.15, -0.1) is 0 Å². The van der Waals surface area contributed by atoms with Crippen LogP contribution in [0, 0.1) is 17.3 Å². The van der Waals surface area contributed by atoms with Crippen LogP contribution in [0.5, 0.6) is 0 Å². The van der Waals surface area contributed by atoms with E-state index in [-0.39, 0.29) is 45.7 Å². The fourth-order valence-corrected chi connectivity index (χ4v) is 3.42. The molecule has 15 heavy (non-hydrogen) atoms. The van der Waals surface area contributed by atoms with E-state index >= 15 is 0 Å². The van der Waals surface area contributed by atoms with Crippen molar-refractivity contribution in [3.05, 3.63) is 0 Å². The molecule has 82 valence electrons. The zero-order valence-corrected chi connectivity index (χ0v) is 15.2. The summed E-state index contributed by atoms with van der Waals surface area (Å²) in [6, 6.07) is 0. The summed E-state index contributed by atoms with van der Waals surface area (Å²) in [7, 11) is 0. The van der Waals surface area contributed by atoms with Gasteiger partial charge in [-0.25, -0.2) is 0 Å². The summed E-state index contributed by atoms with van der Waals surface area (Å²) in [5, 5.41) is 10.8. The zero-order valence-electron chi connectivity index (χ0n) is 8.56. The molecule has 0 spiro atoms. The van der Waals surface area contributed by atoms with Crippen LogP contribution < -0.4 is 34.7 Å². The number of carboxylic acid groups (broad SMARTS) is 1. The standard InChI is InChI=1S/C8H10Br2Cl2O2.Na/c1-7(2)3(4(7)6(13)14)5(9)8(10,11)12;/h3-5H,1-2H3,(H,13,14);/q;+1/p-1. The average Bonchev–Trinajstić information content (AvgIpc) is 2.49. The second kappa shape index (κ2) is 5.33. The minimum Gasteiger partial charge on any atom is -0.550 e. The van der Waals surface area contributed by atoms with Crippen LogP contribution in [-0.2, 0) is 4.79 Å². The van der Waals surface area contributed by atoms with Gasteiger partial charge in [-0.1, -0.05) is 53.0 Å². The molecular formula is C8H9Br2Cl2NaO2. The number of hydrogen-bond donors (Lipinski definition) is 0. The van der Waals surface area contributed by atoms with Crippen LogP contribution in [0.1, 0.15) is 13.8 Å². The summed E-state index contributed by atoms with van der Waals surface area (Å²) in [4.78, 5) is 10.5. The van der Waals surface area contributed by atoms with Crippen molar-refractivity contribution in [2.75, 3.05) is 0 Å². The van der Waals surface area contributed by atoms with Crippen LogP contribution >= 0.6 is 55.1 Å². The van der Waals surface area contributed by atoms with Gasteiger partial charge in [0.05, 0.1) is 4.83 Å². The predicted octanol–water partition coefficient (Wildman–Crippen LogP) is -0.698. The molecule has 0 aromatic rings. The Morgan fingerprint density at radius 2 is 1.93 bits per heavy atom. The molecule has 1 saturated carbocycles. The van der Waals surface area contributed by atoms with Gasteiger partial charge in [0.2, 0.25) is 0 Å². The summed E-state index contributed by atoms with van der Waals surface area (Å²) >= 11 is 18.1. The Bertz CT molecular complexity index is 268. The van der Waals surface area contributed by atoms with Gasteiger partial charge in [0.1, 0.15) is 0 Å². The number of alkyl halides is 4. The SMILES string of the molecule is CC1(C)C(C(=O)[O-])C1C(Br)C(Cl)(Cl)Br.[Na+]. The quantitative estimate of drug-likeness (QED) is 0.472. The minimum atomic E-state index is -1.15. The van der Waals surface area contributed by atoms with E-state index in [9.17, 15) is 9.90 Å². The molecule has 1 aliphatic rings. The van der Waals surface area contributed by atoms with Crippen LogP contribution in [0.25, 0.3) is 0 Å². The van der Waals surface area contributed by atoms with Gasteiger partial charge >= 0.3 is 29.6 Å². The second-order valence-electron chi connectivity index (χ2n) is 4.09. The minimum absolute atomic E-state index is 0. The molecule has 0 aromatic carbocycles. The fraction of sp³-hybridized carbons (Fsp3) is 0.875.